The standard InChI is InChI=1S/C15H30O2/c1-5-8-10-11-14(7-3)17-15(13(4)16)12-9-6-2/h14-15H,5-12H2,1-4H3. The normalized spacial score (nSPS) is 14.6. The molecule has 0 radical (unpaired) electrons. The van der Waals surface area contributed by atoms with Gasteiger partial charge in [-0.25, -0.2) is 0 Å². The second-order valence-electron chi connectivity index (χ2n) is 4.90. The Morgan fingerprint density at radius 3 is 2.12 bits per heavy atom. The van der Waals surface area contributed by atoms with Gasteiger partial charge in [-0.05, 0) is 26.2 Å². The molecule has 2 nitrogen and oxygen atoms in total. The summed E-state index contributed by atoms with van der Waals surface area (Å²) in [7, 11) is 0. The maximum atomic E-state index is 11.5. The predicted molar refractivity (Wildman–Crippen MR) is 73.3 cm³/mol. The minimum Gasteiger partial charge on any atom is -0.367 e. The van der Waals surface area contributed by atoms with Crippen molar-refractivity contribution in [2.45, 2.75) is 91.3 Å². The van der Waals surface area contributed by atoms with E-state index in [0.717, 1.165) is 32.1 Å². The van der Waals surface area contributed by atoms with Crippen molar-refractivity contribution in [2.24, 2.45) is 0 Å². The number of unbranched alkanes of at least 4 members (excludes halogenated alkanes) is 3. The van der Waals surface area contributed by atoms with Crippen LogP contribution < -0.4 is 0 Å². The minimum absolute atomic E-state index is 0.165. The van der Waals surface area contributed by atoms with E-state index in [2.05, 4.69) is 20.8 Å². The first-order valence-corrected chi connectivity index (χ1v) is 7.31. The molecule has 0 aromatic rings. The molecule has 0 amide bonds. The molecule has 2 heteroatoms. The van der Waals surface area contributed by atoms with Gasteiger partial charge in [-0.2, -0.15) is 0 Å². The first kappa shape index (κ1) is 16.6. The number of hydrogen-bond acceptors (Lipinski definition) is 2. The molecule has 0 bridgehead atoms. The SMILES string of the molecule is CCCCCC(CC)OC(CCCC)C(C)=O. The molecule has 0 aliphatic rings. The molecule has 0 heterocycles. The van der Waals surface area contributed by atoms with Crippen molar-refractivity contribution in [3.8, 4) is 0 Å². The highest BCUT2D eigenvalue weighted by Gasteiger charge is 2.18. The average molecular weight is 242 g/mol. The Hall–Kier alpha value is -0.370. The fourth-order valence-corrected chi connectivity index (χ4v) is 1.98. The van der Waals surface area contributed by atoms with Gasteiger partial charge in [-0.1, -0.05) is 52.9 Å². The number of carbonyl (C=O) groups is 1. The topological polar surface area (TPSA) is 26.3 Å². The Bertz CT molecular complexity index is 189. The van der Waals surface area contributed by atoms with Crippen LogP contribution in [0.15, 0.2) is 0 Å². The molecule has 0 aromatic carbocycles. The van der Waals surface area contributed by atoms with Gasteiger partial charge in [-0.3, -0.25) is 4.79 Å². The first-order chi connectivity index (χ1) is 8.15. The Kier molecular flexibility index (Phi) is 10.5. The maximum absolute atomic E-state index is 11.5. The second-order valence-corrected chi connectivity index (χ2v) is 4.90. The van der Waals surface area contributed by atoms with Crippen LogP contribution in [-0.4, -0.2) is 18.0 Å². The van der Waals surface area contributed by atoms with E-state index in [4.69, 9.17) is 4.74 Å². The van der Waals surface area contributed by atoms with Crippen molar-refractivity contribution < 1.29 is 9.53 Å². The van der Waals surface area contributed by atoms with Crippen molar-refractivity contribution in [2.75, 3.05) is 0 Å². The number of rotatable bonds is 11. The maximum Gasteiger partial charge on any atom is 0.158 e. The summed E-state index contributed by atoms with van der Waals surface area (Å²) in [5.41, 5.74) is 0. The Morgan fingerprint density at radius 2 is 1.65 bits per heavy atom. The quantitative estimate of drug-likeness (QED) is 0.498. The van der Waals surface area contributed by atoms with Crippen LogP contribution in [0.4, 0.5) is 0 Å². The molecule has 0 N–H and O–H groups in total. The van der Waals surface area contributed by atoms with Gasteiger partial charge in [0.1, 0.15) is 6.10 Å². The molecule has 2 unspecified atom stereocenters. The first-order valence-electron chi connectivity index (χ1n) is 7.31. The van der Waals surface area contributed by atoms with Gasteiger partial charge in [0.25, 0.3) is 0 Å². The van der Waals surface area contributed by atoms with Gasteiger partial charge in [0.15, 0.2) is 5.78 Å². The lowest BCUT2D eigenvalue weighted by atomic mass is 10.1. The number of hydrogen-bond donors (Lipinski definition) is 0. The molecule has 0 aliphatic heterocycles. The van der Waals surface area contributed by atoms with Gasteiger partial charge < -0.3 is 4.74 Å². The molecule has 2 atom stereocenters. The van der Waals surface area contributed by atoms with E-state index in [9.17, 15) is 4.79 Å². The number of Topliss-reactive ketones (excluding diaryl/α,β-unsaturated/α-hetero) is 1. The fourth-order valence-electron chi connectivity index (χ4n) is 1.98. The summed E-state index contributed by atoms with van der Waals surface area (Å²) < 4.78 is 5.96. The number of ketones is 1. The van der Waals surface area contributed by atoms with E-state index in [1.54, 1.807) is 6.92 Å². The summed E-state index contributed by atoms with van der Waals surface area (Å²) in [6.45, 7) is 8.16. The highest BCUT2D eigenvalue weighted by atomic mass is 16.5. The summed E-state index contributed by atoms with van der Waals surface area (Å²) in [4.78, 5) is 11.5. The van der Waals surface area contributed by atoms with E-state index in [-0.39, 0.29) is 18.0 Å². The third-order valence-corrected chi connectivity index (χ3v) is 3.21. The van der Waals surface area contributed by atoms with Gasteiger partial charge in [0.05, 0.1) is 6.10 Å². The van der Waals surface area contributed by atoms with E-state index in [1.807, 2.05) is 0 Å². The van der Waals surface area contributed by atoms with Crippen LogP contribution in [0.5, 0.6) is 0 Å². The zero-order valence-corrected chi connectivity index (χ0v) is 12.1. The smallest absolute Gasteiger partial charge is 0.158 e. The Labute approximate surface area is 107 Å². The van der Waals surface area contributed by atoms with E-state index >= 15 is 0 Å². The molecule has 17 heavy (non-hydrogen) atoms. The Balaban J connectivity index is 4.04. The highest BCUT2D eigenvalue weighted by molar-refractivity contribution is 5.80. The van der Waals surface area contributed by atoms with Crippen LogP contribution in [0.3, 0.4) is 0 Å². The average Bonchev–Trinajstić information content (AvgIpc) is 2.32. The second kappa shape index (κ2) is 10.8. The third kappa shape index (κ3) is 8.37. The van der Waals surface area contributed by atoms with Crippen LogP contribution in [0.2, 0.25) is 0 Å². The molecular weight excluding hydrogens is 212 g/mol. The summed E-state index contributed by atoms with van der Waals surface area (Å²) >= 11 is 0. The molecular formula is C15H30O2. The van der Waals surface area contributed by atoms with Crippen LogP contribution >= 0.6 is 0 Å². The largest absolute Gasteiger partial charge is 0.367 e. The fraction of sp³-hybridized carbons (Fsp3) is 0.933. The van der Waals surface area contributed by atoms with Crippen LogP contribution in [0.25, 0.3) is 0 Å². The van der Waals surface area contributed by atoms with Crippen LogP contribution in [-0.2, 0) is 9.53 Å². The number of ether oxygens (including phenoxy) is 1. The van der Waals surface area contributed by atoms with Crippen molar-refractivity contribution in [1.82, 2.24) is 0 Å². The third-order valence-electron chi connectivity index (χ3n) is 3.21. The lowest BCUT2D eigenvalue weighted by Crippen LogP contribution is -2.27. The zero-order chi connectivity index (χ0) is 13.1. The van der Waals surface area contributed by atoms with E-state index in [1.165, 1.54) is 19.3 Å². The van der Waals surface area contributed by atoms with Crippen molar-refractivity contribution in [1.29, 1.82) is 0 Å². The van der Waals surface area contributed by atoms with Crippen molar-refractivity contribution >= 4 is 5.78 Å². The molecule has 0 spiro atoms. The molecule has 0 saturated heterocycles. The Morgan fingerprint density at radius 1 is 1.00 bits per heavy atom. The lowest BCUT2D eigenvalue weighted by molar-refractivity contribution is -0.133. The summed E-state index contributed by atoms with van der Waals surface area (Å²) in [5, 5.41) is 0. The molecule has 0 saturated carbocycles. The highest BCUT2D eigenvalue weighted by Crippen LogP contribution is 2.16. The molecule has 0 aromatic heterocycles. The van der Waals surface area contributed by atoms with Crippen molar-refractivity contribution in [3.05, 3.63) is 0 Å². The molecule has 0 fully saturated rings. The van der Waals surface area contributed by atoms with Gasteiger partial charge >= 0.3 is 0 Å². The molecule has 102 valence electrons. The van der Waals surface area contributed by atoms with Crippen molar-refractivity contribution in [3.63, 3.8) is 0 Å². The van der Waals surface area contributed by atoms with E-state index < -0.39 is 0 Å². The van der Waals surface area contributed by atoms with Gasteiger partial charge in [0.2, 0.25) is 0 Å². The molecule has 0 aliphatic carbocycles. The van der Waals surface area contributed by atoms with Crippen LogP contribution in [0, 0.1) is 0 Å². The molecule has 0 rings (SSSR count). The summed E-state index contributed by atoms with van der Waals surface area (Å²) in [6.07, 6.45) is 9.02. The lowest BCUT2D eigenvalue weighted by Gasteiger charge is -2.22. The minimum atomic E-state index is -0.165. The number of carbonyl (C=O) groups excluding carboxylic acids is 1. The summed E-state index contributed by atoms with van der Waals surface area (Å²) in [5.74, 6) is 0.187. The monoisotopic (exact) mass is 242 g/mol. The predicted octanol–water partition coefficient (Wildman–Crippen LogP) is 4.51. The summed E-state index contributed by atoms with van der Waals surface area (Å²) in [6, 6.07) is 0. The van der Waals surface area contributed by atoms with Gasteiger partial charge in [-0.15, -0.1) is 0 Å². The zero-order valence-electron chi connectivity index (χ0n) is 12.1. The van der Waals surface area contributed by atoms with E-state index in [0.29, 0.717) is 0 Å². The van der Waals surface area contributed by atoms with Crippen LogP contribution in [0.1, 0.15) is 79.1 Å². The van der Waals surface area contributed by atoms with Gasteiger partial charge in [0, 0.05) is 0 Å².